The van der Waals surface area contributed by atoms with Gasteiger partial charge in [0, 0.05) is 25.0 Å². The number of hydrogen-bond donors (Lipinski definition) is 0. The van der Waals surface area contributed by atoms with E-state index in [0.717, 1.165) is 0 Å². The minimum Gasteiger partial charge on any atom is -0.456 e. The lowest BCUT2D eigenvalue weighted by Crippen LogP contribution is -2.70. The molecule has 2 aliphatic rings. The molecule has 0 saturated carbocycles. The summed E-state index contributed by atoms with van der Waals surface area (Å²) in [5, 5.41) is 10.7. The van der Waals surface area contributed by atoms with Gasteiger partial charge in [0.1, 0.15) is 12.3 Å². The van der Waals surface area contributed by atoms with E-state index in [1.165, 1.54) is 38.1 Å². The number of halogens is 1. The van der Waals surface area contributed by atoms with Crippen molar-refractivity contribution in [3.63, 3.8) is 0 Å². The van der Waals surface area contributed by atoms with Gasteiger partial charge in [-0.1, -0.05) is 0 Å². The third kappa shape index (κ3) is 3.65. The Morgan fingerprint density at radius 3 is 2.20 bits per heavy atom. The number of non-ortho nitro benzene ring substituents is 1. The van der Waals surface area contributed by atoms with Crippen molar-refractivity contribution in [2.45, 2.75) is 45.6 Å². The third-order valence-electron chi connectivity index (χ3n) is 4.79. The number of imide groups is 1. The average Bonchev–Trinajstić information content (AvgIpc) is 3.02. The number of nitro benzene ring substituents is 1. The molecule has 11 heteroatoms. The summed E-state index contributed by atoms with van der Waals surface area (Å²) in [5.74, 6) is -3.10. The maximum Gasteiger partial charge on any atom is 0.355 e. The monoisotopic (exact) mass is 419 g/mol. The fourth-order valence-corrected chi connectivity index (χ4v) is 3.29. The minimum absolute atomic E-state index is 0.0812. The van der Waals surface area contributed by atoms with E-state index in [1.807, 2.05) is 0 Å². The molecule has 2 unspecified atom stereocenters. The van der Waals surface area contributed by atoms with Crippen molar-refractivity contribution >= 4 is 29.4 Å². The predicted octanol–water partition coefficient (Wildman–Crippen LogP) is 1.59. The standard InChI is InChI=1S/C19H18FN3O7/c1-10(2)15(19(27)30-9-11-3-5-12(6-4-11)23(28)29)22-17(20)16(18(22)26)21-13(24)7-8-14(21)25/h3-6,16-17H,7-9H2,1-2H3. The summed E-state index contributed by atoms with van der Waals surface area (Å²) < 4.78 is 19.9. The molecule has 1 aromatic carbocycles. The van der Waals surface area contributed by atoms with Crippen molar-refractivity contribution in [1.82, 2.24) is 9.80 Å². The van der Waals surface area contributed by atoms with Gasteiger partial charge in [-0.25, -0.2) is 9.18 Å². The first-order valence-corrected chi connectivity index (χ1v) is 9.03. The topological polar surface area (TPSA) is 127 Å². The van der Waals surface area contributed by atoms with Crippen LogP contribution in [0.15, 0.2) is 35.5 Å². The van der Waals surface area contributed by atoms with Crippen LogP contribution in [0.2, 0.25) is 0 Å². The van der Waals surface area contributed by atoms with Crippen molar-refractivity contribution in [2.75, 3.05) is 0 Å². The summed E-state index contributed by atoms with van der Waals surface area (Å²) in [5.41, 5.74) is 0.320. The molecule has 3 rings (SSSR count). The number of β-lactam (4-membered cyclic amide) rings is 1. The number of allylic oxidation sites excluding steroid dienone is 1. The van der Waals surface area contributed by atoms with Gasteiger partial charge >= 0.3 is 5.97 Å². The van der Waals surface area contributed by atoms with Crippen molar-refractivity contribution in [3.8, 4) is 0 Å². The second-order valence-corrected chi connectivity index (χ2v) is 7.03. The summed E-state index contributed by atoms with van der Waals surface area (Å²) in [6.45, 7) is 2.73. The van der Waals surface area contributed by atoms with Crippen LogP contribution in [-0.4, -0.2) is 50.8 Å². The van der Waals surface area contributed by atoms with E-state index in [-0.39, 0.29) is 30.8 Å². The zero-order chi connectivity index (χ0) is 22.2. The van der Waals surface area contributed by atoms with Crippen LogP contribution in [-0.2, 0) is 30.5 Å². The highest BCUT2D eigenvalue weighted by Gasteiger charge is 2.58. The molecular formula is C19H18FN3O7. The molecule has 0 radical (unpaired) electrons. The summed E-state index contributed by atoms with van der Waals surface area (Å²) in [4.78, 5) is 59.9. The van der Waals surface area contributed by atoms with E-state index < -0.39 is 41.0 Å². The van der Waals surface area contributed by atoms with Gasteiger partial charge in [-0.2, -0.15) is 0 Å². The van der Waals surface area contributed by atoms with E-state index in [2.05, 4.69) is 0 Å². The maximum atomic E-state index is 14.8. The van der Waals surface area contributed by atoms with E-state index >= 15 is 0 Å². The van der Waals surface area contributed by atoms with Gasteiger partial charge in [0.15, 0.2) is 6.04 Å². The molecule has 0 bridgehead atoms. The number of amides is 3. The highest BCUT2D eigenvalue weighted by atomic mass is 19.1. The highest BCUT2D eigenvalue weighted by Crippen LogP contribution is 2.34. The Morgan fingerprint density at radius 2 is 1.73 bits per heavy atom. The smallest absolute Gasteiger partial charge is 0.355 e. The number of carbonyl (C=O) groups is 4. The SMILES string of the molecule is CC(C)=C(C(=O)OCc1ccc([N+](=O)[O-])cc1)N1C(=O)C(N2C(=O)CCC2=O)C1F. The Kier molecular flexibility index (Phi) is 5.63. The fourth-order valence-electron chi connectivity index (χ4n) is 3.29. The zero-order valence-corrected chi connectivity index (χ0v) is 16.2. The molecule has 158 valence electrons. The van der Waals surface area contributed by atoms with E-state index in [9.17, 15) is 33.7 Å². The molecule has 2 saturated heterocycles. The fraction of sp³-hybridized carbons (Fsp3) is 0.368. The van der Waals surface area contributed by atoms with Crippen LogP contribution in [0.1, 0.15) is 32.3 Å². The Morgan fingerprint density at radius 1 is 1.17 bits per heavy atom. The van der Waals surface area contributed by atoms with E-state index in [4.69, 9.17) is 4.74 Å². The number of hydrogen-bond acceptors (Lipinski definition) is 7. The van der Waals surface area contributed by atoms with Gasteiger partial charge in [-0.05, 0) is 37.1 Å². The zero-order valence-electron chi connectivity index (χ0n) is 16.2. The van der Waals surface area contributed by atoms with Crippen LogP contribution >= 0.6 is 0 Å². The normalized spacial score (nSPS) is 20.8. The molecule has 2 atom stereocenters. The van der Waals surface area contributed by atoms with Crippen LogP contribution < -0.4 is 0 Å². The lowest BCUT2D eigenvalue weighted by Gasteiger charge is -2.45. The van der Waals surface area contributed by atoms with Crippen LogP contribution in [0.4, 0.5) is 10.1 Å². The molecule has 10 nitrogen and oxygen atoms in total. The molecule has 3 amide bonds. The number of nitro groups is 1. The van der Waals surface area contributed by atoms with E-state index in [0.29, 0.717) is 20.9 Å². The second kappa shape index (κ2) is 8.01. The molecule has 0 N–H and O–H groups in total. The van der Waals surface area contributed by atoms with Gasteiger partial charge in [0.2, 0.25) is 18.1 Å². The Hall–Kier alpha value is -3.63. The molecule has 1 aromatic rings. The van der Waals surface area contributed by atoms with Gasteiger partial charge in [-0.15, -0.1) is 0 Å². The number of likely N-dealkylation sites (tertiary alicyclic amines) is 2. The summed E-state index contributed by atoms with van der Waals surface area (Å²) in [6.07, 6.45) is -2.22. The number of ether oxygens (including phenoxy) is 1. The number of carbonyl (C=O) groups excluding carboxylic acids is 4. The van der Waals surface area contributed by atoms with Gasteiger partial charge in [-0.3, -0.25) is 34.3 Å². The molecule has 2 heterocycles. The average molecular weight is 419 g/mol. The van der Waals surface area contributed by atoms with Crippen LogP contribution in [0, 0.1) is 10.1 Å². The largest absolute Gasteiger partial charge is 0.456 e. The number of rotatable bonds is 6. The molecule has 0 aliphatic carbocycles. The second-order valence-electron chi connectivity index (χ2n) is 7.03. The van der Waals surface area contributed by atoms with Gasteiger partial charge < -0.3 is 4.74 Å². The van der Waals surface area contributed by atoms with Gasteiger partial charge in [0.25, 0.3) is 11.6 Å². The third-order valence-corrected chi connectivity index (χ3v) is 4.79. The first-order valence-electron chi connectivity index (χ1n) is 9.03. The van der Waals surface area contributed by atoms with Crippen molar-refractivity contribution in [3.05, 3.63) is 51.2 Å². The van der Waals surface area contributed by atoms with E-state index in [1.54, 1.807) is 0 Å². The molecule has 2 aliphatic heterocycles. The lowest BCUT2D eigenvalue weighted by atomic mass is 10.0. The Labute approximate surface area is 170 Å². The van der Waals surface area contributed by atoms with Crippen LogP contribution in [0.25, 0.3) is 0 Å². The van der Waals surface area contributed by atoms with Crippen molar-refractivity contribution in [2.24, 2.45) is 0 Å². The maximum absolute atomic E-state index is 14.8. The minimum atomic E-state index is -2.06. The van der Waals surface area contributed by atoms with Crippen molar-refractivity contribution in [1.29, 1.82) is 0 Å². The predicted molar refractivity (Wildman–Crippen MR) is 97.9 cm³/mol. The lowest BCUT2D eigenvalue weighted by molar-refractivity contribution is -0.384. The summed E-state index contributed by atoms with van der Waals surface area (Å²) in [6, 6.07) is 3.72. The molecule has 2 fully saturated rings. The number of nitrogens with zero attached hydrogens (tertiary/aromatic N) is 3. The highest BCUT2D eigenvalue weighted by molar-refractivity contribution is 6.09. The van der Waals surface area contributed by atoms with Crippen molar-refractivity contribution < 1.29 is 33.2 Å². The first-order chi connectivity index (χ1) is 14.1. The summed E-state index contributed by atoms with van der Waals surface area (Å²) >= 11 is 0. The number of benzene rings is 1. The molecule has 30 heavy (non-hydrogen) atoms. The molecule has 0 aromatic heterocycles. The molecule has 0 spiro atoms. The number of esters is 1. The van der Waals surface area contributed by atoms with Crippen LogP contribution in [0.5, 0.6) is 0 Å². The summed E-state index contributed by atoms with van der Waals surface area (Å²) in [7, 11) is 0. The first kappa shape index (κ1) is 21.1. The number of alkyl halides is 1. The Bertz CT molecular complexity index is 953. The Balaban J connectivity index is 1.70. The quantitative estimate of drug-likeness (QED) is 0.130. The van der Waals surface area contributed by atoms with Gasteiger partial charge in [0.05, 0.1) is 4.92 Å². The molecular weight excluding hydrogens is 401 g/mol. The van der Waals surface area contributed by atoms with Crippen LogP contribution in [0.3, 0.4) is 0 Å².